The molecule has 1 aromatic rings. The standard InChI is InChI=1S/C15H21N3O/c1-12-6-5-9-18-14(11-19-17-15(18)16-12)10-13-7-3-2-4-8-13/h2-4,7-8,12,14H,5-6,9-11H2,1H3,(H,16,17). The van der Waals surface area contributed by atoms with Crippen LogP contribution in [0.2, 0.25) is 0 Å². The van der Waals surface area contributed by atoms with E-state index in [9.17, 15) is 0 Å². The maximum absolute atomic E-state index is 5.51. The first kappa shape index (κ1) is 12.5. The van der Waals surface area contributed by atoms with Gasteiger partial charge in [0.1, 0.15) is 0 Å². The molecule has 2 aliphatic heterocycles. The van der Waals surface area contributed by atoms with Crippen LogP contribution in [0.3, 0.4) is 0 Å². The van der Waals surface area contributed by atoms with Crippen molar-refractivity contribution in [3.63, 3.8) is 0 Å². The summed E-state index contributed by atoms with van der Waals surface area (Å²) in [5, 5.41) is 0. The highest BCUT2D eigenvalue weighted by Crippen LogP contribution is 2.18. The molecule has 1 saturated heterocycles. The molecule has 4 heteroatoms. The van der Waals surface area contributed by atoms with Crippen molar-refractivity contribution in [1.29, 1.82) is 0 Å². The molecule has 0 radical (unpaired) electrons. The Hall–Kier alpha value is -1.55. The van der Waals surface area contributed by atoms with E-state index in [1.807, 2.05) is 0 Å². The third-order valence-corrected chi connectivity index (χ3v) is 3.83. The highest BCUT2D eigenvalue weighted by Gasteiger charge is 2.29. The van der Waals surface area contributed by atoms with Gasteiger partial charge in [0.25, 0.3) is 0 Å². The van der Waals surface area contributed by atoms with Gasteiger partial charge in [0.2, 0.25) is 5.96 Å². The molecule has 3 rings (SSSR count). The number of rotatable bonds is 2. The highest BCUT2D eigenvalue weighted by molar-refractivity contribution is 5.80. The molecule has 0 spiro atoms. The summed E-state index contributed by atoms with van der Waals surface area (Å²) in [6.07, 6.45) is 3.36. The van der Waals surface area contributed by atoms with E-state index in [1.54, 1.807) is 0 Å². The SMILES string of the molecule is CC1CCCN2C(=N1)NOCC2Cc1ccccc1. The number of nitrogens with one attached hydrogen (secondary N) is 1. The number of hydroxylamine groups is 1. The van der Waals surface area contributed by atoms with Gasteiger partial charge in [-0.15, -0.1) is 0 Å². The predicted octanol–water partition coefficient (Wildman–Crippen LogP) is 1.97. The smallest absolute Gasteiger partial charge is 0.219 e. The predicted molar refractivity (Wildman–Crippen MR) is 75.9 cm³/mol. The Balaban J connectivity index is 1.76. The molecule has 1 fully saturated rings. The zero-order valence-electron chi connectivity index (χ0n) is 11.4. The van der Waals surface area contributed by atoms with E-state index in [1.165, 1.54) is 12.0 Å². The van der Waals surface area contributed by atoms with Crippen LogP contribution in [0.4, 0.5) is 0 Å². The topological polar surface area (TPSA) is 36.9 Å². The highest BCUT2D eigenvalue weighted by atomic mass is 16.7. The van der Waals surface area contributed by atoms with Gasteiger partial charge in [-0.05, 0) is 31.7 Å². The van der Waals surface area contributed by atoms with E-state index in [2.05, 4.69) is 47.6 Å². The lowest BCUT2D eigenvalue weighted by Crippen LogP contribution is -2.55. The lowest BCUT2D eigenvalue weighted by atomic mass is 10.0. The summed E-state index contributed by atoms with van der Waals surface area (Å²) in [7, 11) is 0. The van der Waals surface area contributed by atoms with Crippen molar-refractivity contribution in [2.75, 3.05) is 13.2 Å². The molecule has 0 aliphatic carbocycles. The van der Waals surface area contributed by atoms with Crippen LogP contribution in [0, 0.1) is 0 Å². The lowest BCUT2D eigenvalue weighted by molar-refractivity contribution is 0.00397. The molecule has 0 bridgehead atoms. The fourth-order valence-corrected chi connectivity index (χ4v) is 2.80. The summed E-state index contributed by atoms with van der Waals surface area (Å²) in [6, 6.07) is 11.4. The first-order valence-corrected chi connectivity index (χ1v) is 7.09. The van der Waals surface area contributed by atoms with Crippen molar-refractivity contribution in [3.8, 4) is 0 Å². The van der Waals surface area contributed by atoms with Gasteiger partial charge in [0, 0.05) is 6.54 Å². The van der Waals surface area contributed by atoms with E-state index < -0.39 is 0 Å². The molecule has 2 atom stereocenters. The normalized spacial score (nSPS) is 27.0. The van der Waals surface area contributed by atoms with Crippen LogP contribution in [0.5, 0.6) is 0 Å². The lowest BCUT2D eigenvalue weighted by Gasteiger charge is -2.37. The molecule has 19 heavy (non-hydrogen) atoms. The van der Waals surface area contributed by atoms with E-state index in [0.717, 1.165) is 25.3 Å². The van der Waals surface area contributed by atoms with Gasteiger partial charge in [0.15, 0.2) is 0 Å². The molecule has 0 saturated carbocycles. The van der Waals surface area contributed by atoms with Crippen LogP contribution in [-0.4, -0.2) is 36.1 Å². The molecule has 4 nitrogen and oxygen atoms in total. The average molecular weight is 259 g/mol. The Morgan fingerprint density at radius 1 is 1.37 bits per heavy atom. The van der Waals surface area contributed by atoms with Gasteiger partial charge in [-0.2, -0.15) is 0 Å². The molecule has 0 amide bonds. The summed E-state index contributed by atoms with van der Waals surface area (Å²) < 4.78 is 0. The van der Waals surface area contributed by atoms with E-state index in [-0.39, 0.29) is 0 Å². The number of guanidine groups is 1. The maximum Gasteiger partial charge on any atom is 0.219 e. The Morgan fingerprint density at radius 2 is 2.21 bits per heavy atom. The Morgan fingerprint density at radius 3 is 3.05 bits per heavy atom. The van der Waals surface area contributed by atoms with Gasteiger partial charge < -0.3 is 4.90 Å². The van der Waals surface area contributed by atoms with Gasteiger partial charge >= 0.3 is 0 Å². The number of hydrogen-bond acceptors (Lipinski definition) is 4. The molecule has 2 heterocycles. The van der Waals surface area contributed by atoms with Crippen molar-refractivity contribution in [2.24, 2.45) is 4.99 Å². The fraction of sp³-hybridized carbons (Fsp3) is 0.533. The zero-order valence-corrected chi connectivity index (χ0v) is 11.4. The van der Waals surface area contributed by atoms with Crippen molar-refractivity contribution >= 4 is 5.96 Å². The Kier molecular flexibility index (Phi) is 3.69. The van der Waals surface area contributed by atoms with Crippen LogP contribution in [0.25, 0.3) is 0 Å². The number of aliphatic imine (C=N–C) groups is 1. The monoisotopic (exact) mass is 259 g/mol. The number of nitrogens with zero attached hydrogens (tertiary/aromatic N) is 2. The quantitative estimate of drug-likeness (QED) is 0.882. The molecular weight excluding hydrogens is 238 g/mol. The van der Waals surface area contributed by atoms with Crippen molar-refractivity contribution in [3.05, 3.63) is 35.9 Å². The minimum Gasteiger partial charge on any atom is -0.336 e. The summed E-state index contributed by atoms with van der Waals surface area (Å²) in [5.41, 5.74) is 4.34. The minimum absolute atomic E-state index is 0.381. The summed E-state index contributed by atoms with van der Waals surface area (Å²) in [5.74, 6) is 0.914. The second kappa shape index (κ2) is 5.61. The van der Waals surface area contributed by atoms with E-state index >= 15 is 0 Å². The second-order valence-corrected chi connectivity index (χ2v) is 5.39. The van der Waals surface area contributed by atoms with Crippen LogP contribution < -0.4 is 5.48 Å². The summed E-state index contributed by atoms with van der Waals surface area (Å²) >= 11 is 0. The van der Waals surface area contributed by atoms with Gasteiger partial charge in [-0.3, -0.25) is 4.84 Å². The Bertz CT molecular complexity index is 446. The number of hydrogen-bond donors (Lipinski definition) is 1. The first-order valence-electron chi connectivity index (χ1n) is 7.09. The van der Waals surface area contributed by atoms with Gasteiger partial charge in [0.05, 0.1) is 18.7 Å². The Labute approximate surface area is 114 Å². The summed E-state index contributed by atoms with van der Waals surface area (Å²) in [6.45, 7) is 3.94. The molecule has 0 aromatic heterocycles. The third kappa shape index (κ3) is 2.89. The van der Waals surface area contributed by atoms with Crippen LogP contribution in [0.1, 0.15) is 25.3 Å². The first-order chi connectivity index (χ1) is 9.33. The van der Waals surface area contributed by atoms with Crippen molar-refractivity contribution in [2.45, 2.75) is 38.3 Å². The zero-order chi connectivity index (χ0) is 13.1. The third-order valence-electron chi connectivity index (χ3n) is 3.83. The molecule has 2 aliphatic rings. The summed E-state index contributed by atoms with van der Waals surface area (Å²) in [4.78, 5) is 12.6. The largest absolute Gasteiger partial charge is 0.336 e. The molecule has 2 unspecified atom stereocenters. The van der Waals surface area contributed by atoms with Crippen LogP contribution in [0.15, 0.2) is 35.3 Å². The number of fused-ring (bicyclic) bond motifs is 1. The van der Waals surface area contributed by atoms with Crippen LogP contribution in [-0.2, 0) is 11.3 Å². The molecule has 1 N–H and O–H groups in total. The average Bonchev–Trinajstić information content (AvgIpc) is 2.61. The van der Waals surface area contributed by atoms with Gasteiger partial charge in [-0.1, -0.05) is 30.3 Å². The maximum atomic E-state index is 5.51. The van der Waals surface area contributed by atoms with E-state index in [4.69, 9.17) is 9.83 Å². The minimum atomic E-state index is 0.381. The molecule has 102 valence electrons. The fourth-order valence-electron chi connectivity index (χ4n) is 2.80. The van der Waals surface area contributed by atoms with Crippen LogP contribution >= 0.6 is 0 Å². The number of benzene rings is 1. The van der Waals surface area contributed by atoms with Gasteiger partial charge in [-0.25, -0.2) is 10.5 Å². The van der Waals surface area contributed by atoms with Crippen molar-refractivity contribution < 1.29 is 4.84 Å². The molecule has 1 aromatic carbocycles. The van der Waals surface area contributed by atoms with Crippen molar-refractivity contribution in [1.82, 2.24) is 10.4 Å². The molecular formula is C15H21N3O. The van der Waals surface area contributed by atoms with E-state index in [0.29, 0.717) is 18.7 Å². The second-order valence-electron chi connectivity index (χ2n) is 5.39.